The van der Waals surface area contributed by atoms with Gasteiger partial charge in [0.2, 0.25) is 0 Å². The topological polar surface area (TPSA) is 33.1 Å². The molecule has 3 rings (SSSR count). The standard InChI is InChI=1S/C16H17NO/c18-16(12-14-8-3-4-11-17-14)10-5-7-13-6-1-2-9-15(13)16/h1-4,6,8-9,11,18H,5,7,10,12H2/t16-/m0/s1. The van der Waals surface area contributed by atoms with Gasteiger partial charge < -0.3 is 5.11 Å². The Bertz CT molecular complexity index is 538. The number of aliphatic hydroxyl groups is 1. The summed E-state index contributed by atoms with van der Waals surface area (Å²) in [5.41, 5.74) is 2.57. The molecule has 0 radical (unpaired) electrons. The zero-order valence-corrected chi connectivity index (χ0v) is 10.3. The maximum Gasteiger partial charge on any atom is 0.0954 e. The number of aryl methyl sites for hydroxylation is 1. The lowest BCUT2D eigenvalue weighted by Gasteiger charge is -2.34. The minimum atomic E-state index is -0.747. The van der Waals surface area contributed by atoms with E-state index in [1.54, 1.807) is 6.20 Å². The van der Waals surface area contributed by atoms with Crippen LogP contribution in [0.4, 0.5) is 0 Å². The predicted octanol–water partition coefficient (Wildman–Crippen LogP) is 2.85. The minimum Gasteiger partial charge on any atom is -0.385 e. The number of hydrogen-bond acceptors (Lipinski definition) is 2. The van der Waals surface area contributed by atoms with Crippen LogP contribution in [0.15, 0.2) is 48.7 Å². The van der Waals surface area contributed by atoms with Crippen molar-refractivity contribution in [3.05, 3.63) is 65.5 Å². The van der Waals surface area contributed by atoms with Gasteiger partial charge >= 0.3 is 0 Å². The maximum absolute atomic E-state index is 10.9. The van der Waals surface area contributed by atoms with Gasteiger partial charge in [-0.25, -0.2) is 0 Å². The molecule has 18 heavy (non-hydrogen) atoms. The average Bonchev–Trinajstić information content (AvgIpc) is 2.40. The van der Waals surface area contributed by atoms with E-state index in [0.717, 1.165) is 30.5 Å². The van der Waals surface area contributed by atoms with Crippen molar-refractivity contribution in [3.8, 4) is 0 Å². The quantitative estimate of drug-likeness (QED) is 0.874. The number of pyridine rings is 1. The smallest absolute Gasteiger partial charge is 0.0954 e. The van der Waals surface area contributed by atoms with E-state index in [0.29, 0.717) is 6.42 Å². The third-order valence-electron chi connectivity index (χ3n) is 3.75. The molecule has 0 spiro atoms. The van der Waals surface area contributed by atoms with Gasteiger partial charge in [0.15, 0.2) is 0 Å². The molecule has 1 aliphatic carbocycles. The summed E-state index contributed by atoms with van der Waals surface area (Å²) in [6.45, 7) is 0. The third-order valence-corrected chi connectivity index (χ3v) is 3.75. The maximum atomic E-state index is 10.9. The Labute approximate surface area is 107 Å². The lowest BCUT2D eigenvalue weighted by molar-refractivity contribution is 0.0181. The normalized spacial score (nSPS) is 22.5. The number of benzene rings is 1. The van der Waals surface area contributed by atoms with E-state index in [1.807, 2.05) is 30.3 Å². The monoisotopic (exact) mass is 239 g/mol. The van der Waals surface area contributed by atoms with Crippen molar-refractivity contribution in [2.24, 2.45) is 0 Å². The van der Waals surface area contributed by atoms with E-state index in [9.17, 15) is 5.11 Å². The number of rotatable bonds is 2. The fourth-order valence-corrected chi connectivity index (χ4v) is 2.88. The Morgan fingerprint density at radius 2 is 1.94 bits per heavy atom. The molecule has 1 atom stereocenters. The number of hydrogen-bond donors (Lipinski definition) is 1. The Morgan fingerprint density at radius 3 is 2.78 bits per heavy atom. The molecule has 1 aromatic carbocycles. The van der Waals surface area contributed by atoms with Gasteiger partial charge in [-0.15, -0.1) is 0 Å². The second-order valence-corrected chi connectivity index (χ2v) is 5.04. The summed E-state index contributed by atoms with van der Waals surface area (Å²) in [7, 11) is 0. The molecule has 2 aromatic rings. The van der Waals surface area contributed by atoms with Crippen LogP contribution in [0.3, 0.4) is 0 Å². The lowest BCUT2D eigenvalue weighted by Crippen LogP contribution is -2.33. The zero-order chi connectivity index (χ0) is 12.4. The van der Waals surface area contributed by atoms with Crippen LogP contribution in [0.1, 0.15) is 29.7 Å². The Kier molecular flexibility index (Phi) is 2.88. The van der Waals surface area contributed by atoms with Crippen LogP contribution in [0.2, 0.25) is 0 Å². The van der Waals surface area contributed by atoms with Gasteiger partial charge in [-0.2, -0.15) is 0 Å². The van der Waals surface area contributed by atoms with Crippen LogP contribution in [0.25, 0.3) is 0 Å². The first kappa shape index (κ1) is 11.4. The molecule has 1 aromatic heterocycles. The second-order valence-electron chi connectivity index (χ2n) is 5.04. The van der Waals surface area contributed by atoms with E-state index in [-0.39, 0.29) is 0 Å². The van der Waals surface area contributed by atoms with Crippen LogP contribution in [-0.4, -0.2) is 10.1 Å². The Morgan fingerprint density at radius 1 is 1.11 bits per heavy atom. The number of fused-ring (bicyclic) bond motifs is 1. The third kappa shape index (κ3) is 2.04. The van der Waals surface area contributed by atoms with Crippen LogP contribution >= 0.6 is 0 Å². The van der Waals surface area contributed by atoms with Gasteiger partial charge in [0, 0.05) is 18.3 Å². The van der Waals surface area contributed by atoms with E-state index >= 15 is 0 Å². The van der Waals surface area contributed by atoms with E-state index in [2.05, 4.69) is 17.1 Å². The van der Waals surface area contributed by atoms with Crippen LogP contribution in [-0.2, 0) is 18.4 Å². The summed E-state index contributed by atoms with van der Waals surface area (Å²) in [6, 6.07) is 14.1. The van der Waals surface area contributed by atoms with Crippen LogP contribution in [0.5, 0.6) is 0 Å². The lowest BCUT2D eigenvalue weighted by atomic mass is 9.76. The van der Waals surface area contributed by atoms with E-state index in [1.165, 1.54) is 5.56 Å². The van der Waals surface area contributed by atoms with Gasteiger partial charge in [0.25, 0.3) is 0 Å². The SMILES string of the molecule is O[C@]1(Cc2ccccn2)CCCc2ccccc21. The van der Waals surface area contributed by atoms with Crippen molar-refractivity contribution in [3.63, 3.8) is 0 Å². The number of aromatic nitrogens is 1. The fraction of sp³-hybridized carbons (Fsp3) is 0.312. The van der Waals surface area contributed by atoms with Crippen molar-refractivity contribution in [2.45, 2.75) is 31.3 Å². The largest absolute Gasteiger partial charge is 0.385 e. The molecule has 92 valence electrons. The van der Waals surface area contributed by atoms with Gasteiger partial charge in [0.05, 0.1) is 5.60 Å². The first-order valence-electron chi connectivity index (χ1n) is 6.49. The molecule has 1 heterocycles. The van der Waals surface area contributed by atoms with Gasteiger partial charge in [0.1, 0.15) is 0 Å². The van der Waals surface area contributed by atoms with Gasteiger partial charge in [-0.1, -0.05) is 30.3 Å². The Hall–Kier alpha value is -1.67. The van der Waals surface area contributed by atoms with Crippen molar-refractivity contribution in [2.75, 3.05) is 0 Å². The Balaban J connectivity index is 1.96. The highest BCUT2D eigenvalue weighted by molar-refractivity contribution is 5.35. The number of nitrogens with zero attached hydrogens (tertiary/aromatic N) is 1. The van der Waals surface area contributed by atoms with Crippen molar-refractivity contribution in [1.29, 1.82) is 0 Å². The molecule has 0 fully saturated rings. The van der Waals surface area contributed by atoms with Crippen molar-refractivity contribution >= 4 is 0 Å². The van der Waals surface area contributed by atoms with Gasteiger partial charge in [-0.05, 0) is 42.5 Å². The highest BCUT2D eigenvalue weighted by atomic mass is 16.3. The van der Waals surface area contributed by atoms with E-state index < -0.39 is 5.60 Å². The molecular formula is C16H17NO. The summed E-state index contributed by atoms with van der Waals surface area (Å²) in [6.07, 6.45) is 5.32. The molecule has 0 saturated carbocycles. The summed E-state index contributed by atoms with van der Waals surface area (Å²) >= 11 is 0. The first-order valence-corrected chi connectivity index (χ1v) is 6.49. The summed E-state index contributed by atoms with van der Waals surface area (Å²) < 4.78 is 0. The summed E-state index contributed by atoms with van der Waals surface area (Å²) in [4.78, 5) is 4.33. The predicted molar refractivity (Wildman–Crippen MR) is 71.2 cm³/mol. The molecule has 0 bridgehead atoms. The molecule has 1 N–H and O–H groups in total. The zero-order valence-electron chi connectivity index (χ0n) is 10.3. The van der Waals surface area contributed by atoms with Crippen LogP contribution in [0, 0.1) is 0 Å². The highest BCUT2D eigenvalue weighted by Gasteiger charge is 2.34. The molecule has 1 aliphatic rings. The molecule has 0 amide bonds. The summed E-state index contributed by atoms with van der Waals surface area (Å²) in [5, 5.41) is 10.9. The molecule has 2 heteroatoms. The van der Waals surface area contributed by atoms with Crippen LogP contribution < -0.4 is 0 Å². The van der Waals surface area contributed by atoms with Crippen molar-refractivity contribution in [1.82, 2.24) is 4.98 Å². The molecule has 0 saturated heterocycles. The molecule has 0 unspecified atom stereocenters. The average molecular weight is 239 g/mol. The molecule has 0 aliphatic heterocycles. The second kappa shape index (κ2) is 4.54. The van der Waals surface area contributed by atoms with Crippen molar-refractivity contribution < 1.29 is 5.11 Å². The summed E-state index contributed by atoms with van der Waals surface area (Å²) in [5.74, 6) is 0. The first-order chi connectivity index (χ1) is 8.78. The minimum absolute atomic E-state index is 0.602. The molecular weight excluding hydrogens is 222 g/mol. The highest BCUT2D eigenvalue weighted by Crippen LogP contribution is 2.37. The van der Waals surface area contributed by atoms with E-state index in [4.69, 9.17) is 0 Å². The van der Waals surface area contributed by atoms with Gasteiger partial charge in [-0.3, -0.25) is 4.98 Å². The molecule has 2 nitrogen and oxygen atoms in total. The fourth-order valence-electron chi connectivity index (χ4n) is 2.88.